The van der Waals surface area contributed by atoms with E-state index in [1.165, 1.54) is 18.3 Å². The summed E-state index contributed by atoms with van der Waals surface area (Å²) >= 11 is 5.76. The lowest BCUT2D eigenvalue weighted by molar-refractivity contribution is -0.384. The van der Waals surface area contributed by atoms with Gasteiger partial charge in [0.1, 0.15) is 10.8 Å². The molecular formula is C16H11ClN4O2. The maximum Gasteiger partial charge on any atom is 0.288 e. The summed E-state index contributed by atoms with van der Waals surface area (Å²) < 4.78 is 0. The number of nitrogens with zero attached hydrogens (tertiary/aromatic N) is 3. The molecule has 0 saturated carbocycles. The zero-order chi connectivity index (χ0) is 16.2. The van der Waals surface area contributed by atoms with Crippen molar-refractivity contribution in [3.05, 3.63) is 75.3 Å². The van der Waals surface area contributed by atoms with Crippen LogP contribution in [0.2, 0.25) is 5.02 Å². The Morgan fingerprint density at radius 1 is 1.17 bits per heavy atom. The topological polar surface area (TPSA) is 80.4 Å². The van der Waals surface area contributed by atoms with E-state index in [1.807, 2.05) is 36.4 Å². The number of anilines is 1. The Morgan fingerprint density at radius 2 is 2.00 bits per heavy atom. The van der Waals surface area contributed by atoms with Crippen LogP contribution in [-0.2, 0) is 0 Å². The van der Waals surface area contributed by atoms with Crippen molar-refractivity contribution in [2.24, 2.45) is 5.10 Å². The number of benzene rings is 2. The first-order chi connectivity index (χ1) is 11.1. The van der Waals surface area contributed by atoms with Gasteiger partial charge in [0.25, 0.3) is 5.69 Å². The van der Waals surface area contributed by atoms with Crippen LogP contribution in [0.3, 0.4) is 0 Å². The summed E-state index contributed by atoms with van der Waals surface area (Å²) in [6.45, 7) is 0. The quantitative estimate of drug-likeness (QED) is 0.441. The van der Waals surface area contributed by atoms with E-state index in [0.29, 0.717) is 11.4 Å². The Morgan fingerprint density at radius 3 is 2.83 bits per heavy atom. The first-order valence-corrected chi connectivity index (χ1v) is 7.10. The number of aromatic nitrogens is 1. The molecule has 0 radical (unpaired) electrons. The summed E-state index contributed by atoms with van der Waals surface area (Å²) in [6.07, 6.45) is 1.47. The minimum Gasteiger partial charge on any atom is -0.261 e. The van der Waals surface area contributed by atoms with E-state index in [0.717, 1.165) is 10.9 Å². The van der Waals surface area contributed by atoms with Gasteiger partial charge in [-0.15, -0.1) is 0 Å². The summed E-state index contributed by atoms with van der Waals surface area (Å²) in [7, 11) is 0. The fourth-order valence-corrected chi connectivity index (χ4v) is 2.24. The third kappa shape index (κ3) is 3.44. The van der Waals surface area contributed by atoms with Gasteiger partial charge in [-0.1, -0.05) is 35.9 Å². The molecule has 1 aromatic heterocycles. The van der Waals surface area contributed by atoms with Gasteiger partial charge < -0.3 is 0 Å². The monoisotopic (exact) mass is 326 g/mol. The lowest BCUT2D eigenvalue weighted by Crippen LogP contribution is -1.95. The third-order valence-corrected chi connectivity index (χ3v) is 3.48. The molecule has 0 amide bonds. The lowest BCUT2D eigenvalue weighted by atomic mass is 10.2. The molecule has 0 bridgehead atoms. The number of hydrogen-bond donors (Lipinski definition) is 1. The molecular weight excluding hydrogens is 316 g/mol. The van der Waals surface area contributed by atoms with Crippen LogP contribution in [0.5, 0.6) is 0 Å². The number of fused-ring (bicyclic) bond motifs is 1. The Bertz CT molecular complexity index is 911. The number of rotatable bonds is 4. The fraction of sp³-hybridized carbons (Fsp3) is 0. The van der Waals surface area contributed by atoms with Crippen molar-refractivity contribution in [2.45, 2.75) is 0 Å². The Hall–Kier alpha value is -2.99. The third-order valence-electron chi connectivity index (χ3n) is 3.16. The van der Waals surface area contributed by atoms with Gasteiger partial charge in [-0.25, -0.2) is 4.98 Å². The van der Waals surface area contributed by atoms with Crippen LogP contribution in [-0.4, -0.2) is 16.1 Å². The van der Waals surface area contributed by atoms with Crippen LogP contribution in [0, 0.1) is 10.1 Å². The Labute approximate surface area is 136 Å². The average molecular weight is 327 g/mol. The van der Waals surface area contributed by atoms with Gasteiger partial charge in [0.2, 0.25) is 0 Å². The molecule has 0 aliphatic rings. The zero-order valence-corrected chi connectivity index (χ0v) is 12.6. The van der Waals surface area contributed by atoms with Crippen LogP contribution in [0.15, 0.2) is 59.7 Å². The highest BCUT2D eigenvalue weighted by Crippen LogP contribution is 2.24. The summed E-state index contributed by atoms with van der Waals surface area (Å²) in [6, 6.07) is 16.0. The molecule has 0 spiro atoms. The summed E-state index contributed by atoms with van der Waals surface area (Å²) in [5, 5.41) is 16.0. The molecule has 3 aromatic rings. The first-order valence-electron chi connectivity index (χ1n) is 6.72. The summed E-state index contributed by atoms with van der Waals surface area (Å²) in [5.41, 5.74) is 4.07. The molecule has 6 nitrogen and oxygen atoms in total. The van der Waals surface area contributed by atoms with Gasteiger partial charge in [-0.05, 0) is 24.3 Å². The van der Waals surface area contributed by atoms with Crippen molar-refractivity contribution in [2.75, 3.05) is 5.43 Å². The smallest absolute Gasteiger partial charge is 0.261 e. The number of hydrogen-bond acceptors (Lipinski definition) is 5. The van der Waals surface area contributed by atoms with Gasteiger partial charge in [0, 0.05) is 17.0 Å². The number of nitro benzene ring substituents is 1. The highest BCUT2D eigenvalue weighted by Gasteiger charge is 2.11. The number of halogens is 1. The van der Waals surface area contributed by atoms with Gasteiger partial charge in [0.15, 0.2) is 0 Å². The lowest BCUT2D eigenvalue weighted by Gasteiger charge is -2.02. The predicted molar refractivity (Wildman–Crippen MR) is 91.1 cm³/mol. The van der Waals surface area contributed by atoms with Crippen LogP contribution >= 0.6 is 11.6 Å². The molecule has 23 heavy (non-hydrogen) atoms. The van der Waals surface area contributed by atoms with Crippen molar-refractivity contribution in [1.82, 2.24) is 4.98 Å². The average Bonchev–Trinajstić information content (AvgIpc) is 2.56. The van der Waals surface area contributed by atoms with Crippen molar-refractivity contribution >= 4 is 40.2 Å². The zero-order valence-electron chi connectivity index (χ0n) is 11.8. The number of nitrogens with one attached hydrogen (secondary N) is 1. The highest BCUT2D eigenvalue weighted by molar-refractivity contribution is 6.32. The van der Waals surface area contributed by atoms with Crippen LogP contribution in [0.4, 0.5) is 11.5 Å². The maximum absolute atomic E-state index is 10.8. The molecule has 0 unspecified atom stereocenters. The van der Waals surface area contributed by atoms with E-state index in [2.05, 4.69) is 15.5 Å². The second-order valence-electron chi connectivity index (χ2n) is 4.73. The van der Waals surface area contributed by atoms with Gasteiger partial charge in [0.05, 0.1) is 16.7 Å². The van der Waals surface area contributed by atoms with Gasteiger partial charge in [-0.3, -0.25) is 15.5 Å². The summed E-state index contributed by atoms with van der Waals surface area (Å²) in [5.74, 6) is 0.586. The Balaban J connectivity index is 1.77. The SMILES string of the molecule is O=[N+]([O-])c1cc(/C=N\Nc2ccc3ccccc3n2)ccc1Cl. The number of para-hydroxylation sites is 1. The minimum atomic E-state index is -0.530. The number of nitro groups is 1. The molecule has 0 aliphatic heterocycles. The standard InChI is InChI=1S/C16H11ClN4O2/c17-13-7-5-11(9-15(13)21(22)23)10-18-20-16-8-6-12-3-1-2-4-14(12)19-16/h1-10H,(H,19,20)/b18-10-. The molecule has 0 saturated heterocycles. The van der Waals surface area contributed by atoms with E-state index in [9.17, 15) is 10.1 Å². The van der Waals surface area contributed by atoms with E-state index < -0.39 is 4.92 Å². The molecule has 7 heteroatoms. The summed E-state index contributed by atoms with van der Waals surface area (Å²) in [4.78, 5) is 14.7. The second-order valence-corrected chi connectivity index (χ2v) is 5.13. The predicted octanol–water partition coefficient (Wildman–Crippen LogP) is 4.24. The molecule has 114 valence electrons. The van der Waals surface area contributed by atoms with Crippen LogP contribution in [0.25, 0.3) is 10.9 Å². The minimum absolute atomic E-state index is 0.0938. The molecule has 0 atom stereocenters. The van der Waals surface area contributed by atoms with Crippen molar-refractivity contribution < 1.29 is 4.92 Å². The van der Waals surface area contributed by atoms with E-state index >= 15 is 0 Å². The molecule has 0 aliphatic carbocycles. The molecule has 1 heterocycles. The molecule has 2 aromatic carbocycles. The van der Waals surface area contributed by atoms with Crippen LogP contribution in [0.1, 0.15) is 5.56 Å². The molecule has 1 N–H and O–H groups in total. The van der Waals surface area contributed by atoms with E-state index in [1.54, 1.807) is 6.07 Å². The van der Waals surface area contributed by atoms with Crippen LogP contribution < -0.4 is 5.43 Å². The van der Waals surface area contributed by atoms with Gasteiger partial charge >= 0.3 is 0 Å². The first kappa shape index (κ1) is 14.9. The second kappa shape index (κ2) is 6.41. The number of hydrazone groups is 1. The highest BCUT2D eigenvalue weighted by atomic mass is 35.5. The fourth-order valence-electron chi connectivity index (χ4n) is 2.05. The van der Waals surface area contributed by atoms with Crippen molar-refractivity contribution in [3.8, 4) is 0 Å². The number of pyridine rings is 1. The normalized spacial score (nSPS) is 11.0. The van der Waals surface area contributed by atoms with Gasteiger partial charge in [-0.2, -0.15) is 5.10 Å². The van der Waals surface area contributed by atoms with E-state index in [4.69, 9.17) is 11.6 Å². The molecule has 3 rings (SSSR count). The molecule has 0 fully saturated rings. The Kier molecular flexibility index (Phi) is 4.16. The largest absolute Gasteiger partial charge is 0.288 e. The van der Waals surface area contributed by atoms with Crippen molar-refractivity contribution in [1.29, 1.82) is 0 Å². The van der Waals surface area contributed by atoms with Crippen molar-refractivity contribution in [3.63, 3.8) is 0 Å². The van der Waals surface area contributed by atoms with E-state index in [-0.39, 0.29) is 10.7 Å². The maximum atomic E-state index is 10.8.